The second kappa shape index (κ2) is 6.34. The first-order chi connectivity index (χ1) is 8.74. The summed E-state index contributed by atoms with van der Waals surface area (Å²) in [5, 5.41) is 5.86. The number of hydrogen-bond acceptors (Lipinski definition) is 2. The maximum absolute atomic E-state index is 5.91. The van der Waals surface area contributed by atoms with Crippen molar-refractivity contribution in [2.75, 3.05) is 5.33 Å². The zero-order valence-electron chi connectivity index (χ0n) is 10.2. The molecule has 3 nitrogen and oxygen atoms in total. The van der Waals surface area contributed by atoms with Gasteiger partial charge in [-0.05, 0) is 24.6 Å². The van der Waals surface area contributed by atoms with Crippen LogP contribution in [0, 0.1) is 0 Å². The van der Waals surface area contributed by atoms with Crippen LogP contribution in [0.15, 0.2) is 30.6 Å². The van der Waals surface area contributed by atoms with Gasteiger partial charge in [0, 0.05) is 29.2 Å². The van der Waals surface area contributed by atoms with Crippen molar-refractivity contribution < 1.29 is 0 Å². The van der Waals surface area contributed by atoms with Gasteiger partial charge in [0.25, 0.3) is 0 Å². The summed E-state index contributed by atoms with van der Waals surface area (Å²) in [5.74, 6) is 1.41. The third-order valence-corrected chi connectivity index (χ3v) is 3.99. The second-order valence-corrected chi connectivity index (χ2v) is 5.18. The summed E-state index contributed by atoms with van der Waals surface area (Å²) in [6.07, 6.45) is 2.49. The molecule has 1 heterocycles. The molecule has 96 valence electrons. The molecule has 0 fully saturated rings. The van der Waals surface area contributed by atoms with Crippen LogP contribution in [-0.4, -0.2) is 20.1 Å². The Labute approximate surface area is 120 Å². The van der Waals surface area contributed by atoms with Crippen LogP contribution in [-0.2, 0) is 13.0 Å². The quantitative estimate of drug-likeness (QED) is 0.784. The fraction of sp³-hybridized carbons (Fsp3) is 0.385. The zero-order valence-corrected chi connectivity index (χ0v) is 12.5. The van der Waals surface area contributed by atoms with E-state index >= 15 is 0 Å². The minimum absolute atomic E-state index is 0.386. The normalized spacial score (nSPS) is 12.6. The lowest BCUT2D eigenvalue weighted by Gasteiger charge is -2.14. The summed E-state index contributed by atoms with van der Waals surface area (Å²) in [6.45, 7) is 2.93. The van der Waals surface area contributed by atoms with Crippen molar-refractivity contribution in [1.29, 1.82) is 0 Å². The van der Waals surface area contributed by atoms with Crippen LogP contribution in [0.25, 0.3) is 0 Å². The van der Waals surface area contributed by atoms with E-state index in [2.05, 4.69) is 45.1 Å². The van der Waals surface area contributed by atoms with Crippen molar-refractivity contribution >= 4 is 27.5 Å². The highest BCUT2D eigenvalue weighted by Crippen LogP contribution is 2.23. The molecule has 0 N–H and O–H groups in total. The van der Waals surface area contributed by atoms with Crippen LogP contribution in [0.2, 0.25) is 5.02 Å². The van der Waals surface area contributed by atoms with Crippen molar-refractivity contribution in [3.63, 3.8) is 0 Å². The minimum atomic E-state index is 0.386. The maximum atomic E-state index is 5.91. The van der Waals surface area contributed by atoms with Gasteiger partial charge in [-0.2, -0.15) is 5.10 Å². The highest BCUT2D eigenvalue weighted by atomic mass is 79.9. The summed E-state index contributed by atoms with van der Waals surface area (Å²) in [6, 6.07) is 8.00. The molecule has 1 aromatic carbocycles. The molecule has 2 aromatic rings. The lowest BCUT2D eigenvalue weighted by Crippen LogP contribution is -2.11. The molecular formula is C13H15BrClN3. The molecule has 1 unspecified atom stereocenters. The number of aryl methyl sites for hydroxylation is 1. The Bertz CT molecular complexity index is 495. The van der Waals surface area contributed by atoms with Crippen LogP contribution >= 0.6 is 27.5 Å². The molecule has 18 heavy (non-hydrogen) atoms. The first kappa shape index (κ1) is 13.6. The number of aromatic nitrogens is 3. The van der Waals surface area contributed by atoms with E-state index < -0.39 is 0 Å². The van der Waals surface area contributed by atoms with Crippen LogP contribution in [0.4, 0.5) is 0 Å². The molecular weight excluding hydrogens is 314 g/mol. The van der Waals surface area contributed by atoms with Gasteiger partial charge in [0.05, 0.1) is 0 Å². The van der Waals surface area contributed by atoms with Gasteiger partial charge in [-0.3, -0.25) is 4.68 Å². The van der Waals surface area contributed by atoms with Crippen LogP contribution in [0.5, 0.6) is 0 Å². The third kappa shape index (κ3) is 3.12. The monoisotopic (exact) mass is 327 g/mol. The Hall–Kier alpha value is -0.870. The standard InChI is InChI=1S/C13H15BrClN3/c1-2-18-13(16-9-17-18)7-11(8-14)10-3-5-12(15)6-4-10/h3-6,9,11H,2,7-8H2,1H3. The van der Waals surface area contributed by atoms with Crippen molar-refractivity contribution in [3.8, 4) is 0 Å². The molecule has 0 aliphatic heterocycles. The smallest absolute Gasteiger partial charge is 0.138 e. The van der Waals surface area contributed by atoms with Gasteiger partial charge in [0.15, 0.2) is 0 Å². The average Bonchev–Trinajstić information content (AvgIpc) is 2.84. The van der Waals surface area contributed by atoms with Crippen LogP contribution in [0.1, 0.15) is 24.2 Å². The number of alkyl halides is 1. The van der Waals surface area contributed by atoms with Crippen molar-refractivity contribution in [3.05, 3.63) is 47.0 Å². The number of rotatable bonds is 5. The van der Waals surface area contributed by atoms with Gasteiger partial charge < -0.3 is 0 Å². The highest BCUT2D eigenvalue weighted by Gasteiger charge is 2.14. The molecule has 0 aliphatic rings. The van der Waals surface area contributed by atoms with Crippen molar-refractivity contribution in [2.45, 2.75) is 25.8 Å². The van der Waals surface area contributed by atoms with Gasteiger partial charge in [0.2, 0.25) is 0 Å². The third-order valence-electron chi connectivity index (χ3n) is 2.95. The van der Waals surface area contributed by atoms with Gasteiger partial charge >= 0.3 is 0 Å². The Kier molecular flexibility index (Phi) is 4.78. The molecule has 0 saturated carbocycles. The number of hydrogen-bond donors (Lipinski definition) is 0. The number of halogens is 2. The predicted molar refractivity (Wildman–Crippen MR) is 77.4 cm³/mol. The summed E-state index contributed by atoms with van der Waals surface area (Å²) in [4.78, 5) is 4.32. The molecule has 1 aromatic heterocycles. The van der Waals surface area contributed by atoms with E-state index in [1.807, 2.05) is 16.8 Å². The molecule has 0 amide bonds. The molecule has 2 rings (SSSR count). The van der Waals surface area contributed by atoms with E-state index in [1.54, 1.807) is 6.33 Å². The maximum Gasteiger partial charge on any atom is 0.138 e. The Balaban J connectivity index is 2.17. The zero-order chi connectivity index (χ0) is 13.0. The van der Waals surface area contributed by atoms with Crippen LogP contribution in [0.3, 0.4) is 0 Å². The number of nitrogens with zero attached hydrogens (tertiary/aromatic N) is 3. The summed E-state index contributed by atoms with van der Waals surface area (Å²) >= 11 is 9.48. The molecule has 0 aliphatic carbocycles. The minimum Gasteiger partial charge on any atom is -0.250 e. The average molecular weight is 329 g/mol. The summed E-state index contributed by atoms with van der Waals surface area (Å²) < 4.78 is 1.94. The fourth-order valence-electron chi connectivity index (χ4n) is 1.93. The lowest BCUT2D eigenvalue weighted by atomic mass is 9.97. The van der Waals surface area contributed by atoms with E-state index in [1.165, 1.54) is 5.56 Å². The van der Waals surface area contributed by atoms with E-state index in [9.17, 15) is 0 Å². The van der Waals surface area contributed by atoms with Crippen LogP contribution < -0.4 is 0 Å². The van der Waals surface area contributed by atoms with Gasteiger partial charge in [-0.1, -0.05) is 39.7 Å². The Morgan fingerprint density at radius 1 is 1.33 bits per heavy atom. The molecule has 1 atom stereocenters. The largest absolute Gasteiger partial charge is 0.250 e. The van der Waals surface area contributed by atoms with Crippen molar-refractivity contribution in [1.82, 2.24) is 14.8 Å². The van der Waals surface area contributed by atoms with E-state index in [0.29, 0.717) is 5.92 Å². The molecule has 5 heteroatoms. The Morgan fingerprint density at radius 2 is 2.06 bits per heavy atom. The number of benzene rings is 1. The lowest BCUT2D eigenvalue weighted by molar-refractivity contribution is 0.592. The first-order valence-electron chi connectivity index (χ1n) is 5.92. The molecule has 0 spiro atoms. The topological polar surface area (TPSA) is 30.7 Å². The molecule has 0 saturated heterocycles. The Morgan fingerprint density at radius 3 is 2.67 bits per heavy atom. The van der Waals surface area contributed by atoms with Gasteiger partial charge in [-0.15, -0.1) is 0 Å². The second-order valence-electron chi connectivity index (χ2n) is 4.10. The first-order valence-corrected chi connectivity index (χ1v) is 7.42. The van der Waals surface area contributed by atoms with Gasteiger partial charge in [0.1, 0.15) is 12.2 Å². The van der Waals surface area contributed by atoms with E-state index in [-0.39, 0.29) is 0 Å². The summed E-state index contributed by atoms with van der Waals surface area (Å²) in [7, 11) is 0. The van der Waals surface area contributed by atoms with Crippen molar-refractivity contribution in [2.24, 2.45) is 0 Å². The van der Waals surface area contributed by atoms with E-state index in [4.69, 9.17) is 11.6 Å². The summed E-state index contributed by atoms with van der Waals surface area (Å²) in [5.41, 5.74) is 1.27. The predicted octanol–water partition coefficient (Wildman–Crippen LogP) is 3.67. The fourth-order valence-corrected chi connectivity index (χ4v) is 2.66. The van der Waals surface area contributed by atoms with E-state index in [0.717, 1.165) is 29.1 Å². The molecule has 0 bridgehead atoms. The van der Waals surface area contributed by atoms with Gasteiger partial charge in [-0.25, -0.2) is 4.98 Å². The SMILES string of the molecule is CCn1ncnc1CC(CBr)c1ccc(Cl)cc1. The molecule has 0 radical (unpaired) electrons. The highest BCUT2D eigenvalue weighted by molar-refractivity contribution is 9.09.